The lowest BCUT2D eigenvalue weighted by atomic mass is 10.1. The summed E-state index contributed by atoms with van der Waals surface area (Å²) in [5.74, 6) is 0.999. The standard InChI is InChI=1S/C15H21N3O3S/c1-5-7-11-14(19)18(15(20)17(11)8-6-2)13-9-12(21-16-13)10(3)22-4/h5-6,9-11,14,19H,1-2,7-8H2,3-4H3. The molecule has 7 heteroatoms. The molecule has 3 atom stereocenters. The van der Waals surface area contributed by atoms with E-state index in [1.54, 1.807) is 34.9 Å². The predicted molar refractivity (Wildman–Crippen MR) is 87.8 cm³/mol. The van der Waals surface area contributed by atoms with E-state index in [-0.39, 0.29) is 17.3 Å². The van der Waals surface area contributed by atoms with Gasteiger partial charge in [-0.05, 0) is 19.6 Å². The normalized spacial score (nSPS) is 23.0. The van der Waals surface area contributed by atoms with E-state index >= 15 is 0 Å². The van der Waals surface area contributed by atoms with Gasteiger partial charge in [0.25, 0.3) is 0 Å². The lowest BCUT2D eigenvalue weighted by Gasteiger charge is -2.21. The van der Waals surface area contributed by atoms with Crippen molar-refractivity contribution in [2.75, 3.05) is 17.7 Å². The summed E-state index contributed by atoms with van der Waals surface area (Å²) in [7, 11) is 0. The first-order valence-corrected chi connectivity index (χ1v) is 8.33. The first-order valence-electron chi connectivity index (χ1n) is 7.04. The molecule has 1 aromatic heterocycles. The van der Waals surface area contributed by atoms with Crippen LogP contribution in [0.3, 0.4) is 0 Å². The number of aliphatic hydroxyl groups is 1. The van der Waals surface area contributed by atoms with Crippen molar-refractivity contribution in [1.29, 1.82) is 0 Å². The molecule has 2 rings (SSSR count). The highest BCUT2D eigenvalue weighted by Crippen LogP contribution is 2.33. The van der Waals surface area contributed by atoms with Crippen LogP contribution in [0.5, 0.6) is 0 Å². The molecule has 2 heterocycles. The molecule has 1 N–H and O–H groups in total. The summed E-state index contributed by atoms with van der Waals surface area (Å²) in [6.45, 7) is 9.69. The van der Waals surface area contributed by atoms with Crippen LogP contribution in [-0.4, -0.2) is 46.3 Å². The number of anilines is 1. The Balaban J connectivity index is 2.29. The minimum absolute atomic E-state index is 0.129. The molecule has 1 aromatic rings. The van der Waals surface area contributed by atoms with Crippen molar-refractivity contribution in [3.63, 3.8) is 0 Å². The van der Waals surface area contributed by atoms with E-state index in [1.807, 2.05) is 13.2 Å². The molecule has 120 valence electrons. The Labute approximate surface area is 134 Å². The van der Waals surface area contributed by atoms with E-state index in [9.17, 15) is 9.90 Å². The lowest BCUT2D eigenvalue weighted by Crippen LogP contribution is -2.37. The highest BCUT2D eigenvalue weighted by Gasteiger charge is 2.45. The number of rotatable bonds is 7. The zero-order chi connectivity index (χ0) is 16.3. The molecule has 0 bridgehead atoms. The topological polar surface area (TPSA) is 69.8 Å². The van der Waals surface area contributed by atoms with Crippen LogP contribution >= 0.6 is 11.8 Å². The fourth-order valence-electron chi connectivity index (χ4n) is 2.43. The quantitative estimate of drug-likeness (QED) is 0.781. The van der Waals surface area contributed by atoms with E-state index in [2.05, 4.69) is 18.3 Å². The van der Waals surface area contributed by atoms with Crippen molar-refractivity contribution in [3.05, 3.63) is 37.1 Å². The second-order valence-corrected chi connectivity index (χ2v) is 6.24. The molecule has 1 aliphatic rings. The summed E-state index contributed by atoms with van der Waals surface area (Å²) in [6.07, 6.45) is 4.78. The minimum Gasteiger partial charge on any atom is -0.371 e. The van der Waals surface area contributed by atoms with Gasteiger partial charge in [0.1, 0.15) is 0 Å². The monoisotopic (exact) mass is 323 g/mol. The van der Waals surface area contributed by atoms with Gasteiger partial charge in [0.2, 0.25) is 0 Å². The van der Waals surface area contributed by atoms with Gasteiger partial charge in [-0.3, -0.25) is 0 Å². The van der Waals surface area contributed by atoms with E-state index in [4.69, 9.17) is 4.52 Å². The predicted octanol–water partition coefficient (Wildman–Crippen LogP) is 2.79. The molecule has 0 radical (unpaired) electrons. The number of hydrogen-bond acceptors (Lipinski definition) is 5. The third-order valence-corrected chi connectivity index (χ3v) is 4.65. The van der Waals surface area contributed by atoms with Crippen molar-refractivity contribution in [2.24, 2.45) is 0 Å². The molecule has 3 unspecified atom stereocenters. The molecule has 0 aliphatic carbocycles. The number of aromatic nitrogens is 1. The van der Waals surface area contributed by atoms with Gasteiger partial charge in [-0.2, -0.15) is 11.8 Å². The van der Waals surface area contributed by atoms with Gasteiger partial charge in [-0.25, -0.2) is 9.69 Å². The second kappa shape index (κ2) is 7.02. The average molecular weight is 323 g/mol. The molecule has 1 fully saturated rings. The summed E-state index contributed by atoms with van der Waals surface area (Å²) in [4.78, 5) is 15.4. The molecule has 0 spiro atoms. The fourth-order valence-corrected chi connectivity index (χ4v) is 2.78. The van der Waals surface area contributed by atoms with Crippen molar-refractivity contribution in [2.45, 2.75) is 30.9 Å². The van der Waals surface area contributed by atoms with Gasteiger partial charge >= 0.3 is 6.03 Å². The number of amides is 2. The third-order valence-electron chi connectivity index (χ3n) is 3.71. The van der Waals surface area contributed by atoms with Gasteiger partial charge in [0.15, 0.2) is 17.8 Å². The van der Waals surface area contributed by atoms with Gasteiger partial charge in [-0.1, -0.05) is 17.3 Å². The Hall–Kier alpha value is -1.73. The summed E-state index contributed by atoms with van der Waals surface area (Å²) < 4.78 is 5.28. The molecule has 2 amide bonds. The first kappa shape index (κ1) is 16.6. The molecule has 0 aromatic carbocycles. The molecule has 0 saturated carbocycles. The maximum absolute atomic E-state index is 12.6. The van der Waals surface area contributed by atoms with Crippen molar-refractivity contribution in [1.82, 2.24) is 10.1 Å². The maximum atomic E-state index is 12.6. The molecular weight excluding hydrogens is 302 g/mol. The SMILES string of the molecule is C=CCC1C(O)N(c2cc(C(C)SC)on2)C(=O)N1CC=C. The Bertz CT molecular complexity index is 560. The third kappa shape index (κ3) is 2.91. The summed E-state index contributed by atoms with van der Waals surface area (Å²) in [6, 6.07) is 1.02. The highest BCUT2D eigenvalue weighted by molar-refractivity contribution is 7.98. The van der Waals surface area contributed by atoms with Crippen LogP contribution in [0, 0.1) is 0 Å². The van der Waals surface area contributed by atoms with Crippen molar-refractivity contribution < 1.29 is 14.4 Å². The molecule has 1 aliphatic heterocycles. The number of hydrogen-bond donors (Lipinski definition) is 1. The van der Waals surface area contributed by atoms with Crippen LogP contribution in [0.4, 0.5) is 10.6 Å². The van der Waals surface area contributed by atoms with Crippen LogP contribution < -0.4 is 4.90 Å². The highest BCUT2D eigenvalue weighted by atomic mass is 32.2. The Morgan fingerprint density at radius 1 is 1.55 bits per heavy atom. The molecule has 22 heavy (non-hydrogen) atoms. The molecule has 1 saturated heterocycles. The van der Waals surface area contributed by atoms with Crippen molar-refractivity contribution >= 4 is 23.6 Å². The fraction of sp³-hybridized carbons (Fsp3) is 0.467. The first-order chi connectivity index (χ1) is 10.5. The van der Waals surface area contributed by atoms with Gasteiger partial charge in [0, 0.05) is 12.6 Å². The number of urea groups is 1. The maximum Gasteiger partial charge on any atom is 0.328 e. The van der Waals surface area contributed by atoms with E-state index in [1.165, 1.54) is 4.90 Å². The van der Waals surface area contributed by atoms with Crippen molar-refractivity contribution in [3.8, 4) is 0 Å². The minimum atomic E-state index is -0.993. The van der Waals surface area contributed by atoms with Crippen LogP contribution in [-0.2, 0) is 0 Å². The summed E-state index contributed by atoms with van der Waals surface area (Å²) in [5, 5.41) is 14.6. The number of thioether (sulfide) groups is 1. The van der Waals surface area contributed by atoms with Gasteiger partial charge in [0.05, 0.1) is 11.3 Å². The summed E-state index contributed by atoms with van der Waals surface area (Å²) >= 11 is 1.62. The van der Waals surface area contributed by atoms with E-state index < -0.39 is 6.23 Å². The van der Waals surface area contributed by atoms with Crippen LogP contribution in [0.15, 0.2) is 35.9 Å². The number of carbonyl (C=O) groups excluding carboxylic acids is 1. The largest absolute Gasteiger partial charge is 0.371 e. The summed E-state index contributed by atoms with van der Waals surface area (Å²) in [5.41, 5.74) is 0. The van der Waals surface area contributed by atoms with Crippen LogP contribution in [0.2, 0.25) is 0 Å². The Kier molecular flexibility index (Phi) is 5.31. The zero-order valence-electron chi connectivity index (χ0n) is 12.8. The number of aliphatic hydroxyl groups excluding tert-OH is 1. The number of nitrogens with zero attached hydrogens (tertiary/aromatic N) is 3. The molecule has 6 nitrogen and oxygen atoms in total. The second-order valence-electron chi connectivity index (χ2n) is 5.06. The van der Waals surface area contributed by atoms with E-state index in [0.29, 0.717) is 24.5 Å². The van der Waals surface area contributed by atoms with Crippen LogP contribution in [0.1, 0.15) is 24.4 Å². The van der Waals surface area contributed by atoms with Gasteiger partial charge < -0.3 is 14.5 Å². The van der Waals surface area contributed by atoms with Crippen LogP contribution in [0.25, 0.3) is 0 Å². The number of carbonyl (C=O) groups is 1. The molecular formula is C15H21N3O3S. The Morgan fingerprint density at radius 3 is 2.86 bits per heavy atom. The van der Waals surface area contributed by atoms with E-state index in [0.717, 1.165) is 0 Å². The Morgan fingerprint density at radius 2 is 2.27 bits per heavy atom. The zero-order valence-corrected chi connectivity index (χ0v) is 13.6. The van der Waals surface area contributed by atoms with Gasteiger partial charge in [-0.15, -0.1) is 13.2 Å². The lowest BCUT2D eigenvalue weighted by molar-refractivity contribution is 0.124. The smallest absolute Gasteiger partial charge is 0.328 e. The average Bonchev–Trinajstić information content (AvgIpc) is 3.06.